The van der Waals surface area contributed by atoms with E-state index in [4.69, 9.17) is 9.47 Å². The molecule has 3 saturated heterocycles. The zero-order valence-corrected chi connectivity index (χ0v) is 15.1. The molecule has 3 fully saturated rings. The van der Waals surface area contributed by atoms with Gasteiger partial charge in [-0.1, -0.05) is 0 Å². The Labute approximate surface area is 143 Å². The summed E-state index contributed by atoms with van der Waals surface area (Å²) in [5, 5.41) is 3.21. The average molecular weight is 343 g/mol. The fourth-order valence-corrected chi connectivity index (χ4v) is 5.31. The van der Waals surface area contributed by atoms with Crippen molar-refractivity contribution in [3.05, 3.63) is 0 Å². The fourth-order valence-electron chi connectivity index (χ4n) is 3.83. The maximum absolute atomic E-state index is 12.6. The molecule has 132 valence electrons. The summed E-state index contributed by atoms with van der Waals surface area (Å²) in [5.74, 6) is 2.28. The van der Waals surface area contributed by atoms with Crippen LogP contribution in [0.25, 0.3) is 0 Å². The molecular formula is C16H29N3O3S. The van der Waals surface area contributed by atoms with Gasteiger partial charge in [-0.25, -0.2) is 4.79 Å². The molecule has 0 aliphatic carbocycles. The third kappa shape index (κ3) is 4.13. The molecule has 0 aromatic heterocycles. The van der Waals surface area contributed by atoms with Crippen molar-refractivity contribution >= 4 is 17.8 Å². The number of nitrogens with one attached hydrogen (secondary N) is 1. The van der Waals surface area contributed by atoms with Crippen LogP contribution in [0.2, 0.25) is 0 Å². The lowest BCUT2D eigenvalue weighted by atomic mass is 9.95. The van der Waals surface area contributed by atoms with Gasteiger partial charge in [-0.15, -0.1) is 0 Å². The van der Waals surface area contributed by atoms with E-state index in [1.54, 1.807) is 0 Å². The molecule has 3 heterocycles. The minimum Gasteiger partial charge on any atom is -0.379 e. The number of thioether (sulfide) groups is 1. The van der Waals surface area contributed by atoms with Gasteiger partial charge in [0.1, 0.15) is 0 Å². The van der Waals surface area contributed by atoms with Crippen molar-refractivity contribution in [1.82, 2.24) is 15.1 Å². The topological polar surface area (TPSA) is 54.0 Å². The molecule has 0 aromatic carbocycles. The van der Waals surface area contributed by atoms with Gasteiger partial charge in [0.2, 0.25) is 0 Å². The SMILES string of the molecule is C[C@@H]1CN(C(=O)NC[C@]2(N3CCOCC3)CCSC2)C[C@@H](C)O1. The summed E-state index contributed by atoms with van der Waals surface area (Å²) in [4.78, 5) is 17.0. The highest BCUT2D eigenvalue weighted by atomic mass is 32.2. The highest BCUT2D eigenvalue weighted by Gasteiger charge is 2.41. The van der Waals surface area contributed by atoms with Crippen LogP contribution in [0.5, 0.6) is 0 Å². The van der Waals surface area contributed by atoms with Crippen molar-refractivity contribution in [2.75, 3.05) is 57.4 Å². The number of carbonyl (C=O) groups is 1. The van der Waals surface area contributed by atoms with Gasteiger partial charge in [0.05, 0.1) is 25.4 Å². The Hall–Kier alpha value is -0.500. The molecule has 0 unspecified atom stereocenters. The van der Waals surface area contributed by atoms with Crippen LogP contribution in [0.1, 0.15) is 20.3 Å². The summed E-state index contributed by atoms with van der Waals surface area (Å²) in [7, 11) is 0. The molecule has 1 N–H and O–H groups in total. The number of rotatable bonds is 3. The van der Waals surface area contributed by atoms with Crippen molar-refractivity contribution < 1.29 is 14.3 Å². The summed E-state index contributed by atoms with van der Waals surface area (Å²) in [6.07, 6.45) is 1.37. The normalized spacial score (nSPS) is 36.2. The molecular weight excluding hydrogens is 314 g/mol. The zero-order chi connectivity index (χ0) is 16.3. The Morgan fingerprint density at radius 1 is 1.26 bits per heavy atom. The third-order valence-corrected chi connectivity index (χ3v) is 6.27. The van der Waals surface area contributed by atoms with Crippen molar-refractivity contribution in [1.29, 1.82) is 0 Å². The quantitative estimate of drug-likeness (QED) is 0.829. The Morgan fingerprint density at radius 2 is 1.96 bits per heavy atom. The molecule has 0 aromatic rings. The molecule has 6 nitrogen and oxygen atoms in total. The van der Waals surface area contributed by atoms with Crippen LogP contribution < -0.4 is 5.32 Å². The number of nitrogens with zero attached hydrogens (tertiary/aromatic N) is 2. The molecule has 0 saturated carbocycles. The average Bonchev–Trinajstić information content (AvgIpc) is 3.03. The van der Waals surface area contributed by atoms with Gasteiger partial charge >= 0.3 is 6.03 Å². The van der Waals surface area contributed by atoms with Gasteiger partial charge in [0.15, 0.2) is 0 Å². The molecule has 3 aliphatic rings. The van der Waals surface area contributed by atoms with Crippen LogP contribution in [-0.4, -0.2) is 91.0 Å². The van der Waals surface area contributed by atoms with E-state index in [1.165, 1.54) is 5.75 Å². The molecule has 3 aliphatic heterocycles. The number of hydrogen-bond acceptors (Lipinski definition) is 5. The number of ether oxygens (including phenoxy) is 2. The van der Waals surface area contributed by atoms with E-state index in [2.05, 4.69) is 10.2 Å². The predicted octanol–water partition coefficient (Wildman–Crippen LogP) is 1.01. The van der Waals surface area contributed by atoms with Crippen molar-refractivity contribution in [3.63, 3.8) is 0 Å². The van der Waals surface area contributed by atoms with Gasteiger partial charge in [-0.3, -0.25) is 4.90 Å². The van der Waals surface area contributed by atoms with Crippen LogP contribution in [-0.2, 0) is 9.47 Å². The van der Waals surface area contributed by atoms with Crippen LogP contribution in [0.15, 0.2) is 0 Å². The molecule has 3 rings (SSSR count). The maximum atomic E-state index is 12.6. The van der Waals surface area contributed by atoms with Crippen molar-refractivity contribution in [2.24, 2.45) is 0 Å². The number of morpholine rings is 2. The summed E-state index contributed by atoms with van der Waals surface area (Å²) in [5.41, 5.74) is 0.105. The Balaban J connectivity index is 1.57. The van der Waals surface area contributed by atoms with E-state index in [0.717, 1.165) is 45.0 Å². The van der Waals surface area contributed by atoms with Gasteiger partial charge in [0.25, 0.3) is 0 Å². The summed E-state index contributed by atoms with van der Waals surface area (Å²) in [6, 6.07) is 0.0523. The van der Waals surface area contributed by atoms with Crippen LogP contribution in [0.4, 0.5) is 4.79 Å². The molecule has 2 amide bonds. The summed E-state index contributed by atoms with van der Waals surface area (Å²) < 4.78 is 11.2. The lowest BCUT2D eigenvalue weighted by Crippen LogP contribution is -2.61. The van der Waals surface area contributed by atoms with Gasteiger partial charge in [0, 0.05) is 44.0 Å². The van der Waals surface area contributed by atoms with Crippen LogP contribution in [0, 0.1) is 0 Å². The molecule has 7 heteroatoms. The molecule has 0 bridgehead atoms. The first-order valence-electron chi connectivity index (χ1n) is 8.68. The van der Waals surface area contributed by atoms with E-state index in [1.807, 2.05) is 30.5 Å². The Bertz CT molecular complexity index is 401. The van der Waals surface area contributed by atoms with Crippen LogP contribution in [0.3, 0.4) is 0 Å². The maximum Gasteiger partial charge on any atom is 0.317 e. The van der Waals surface area contributed by atoms with E-state index in [-0.39, 0.29) is 23.8 Å². The monoisotopic (exact) mass is 343 g/mol. The smallest absolute Gasteiger partial charge is 0.317 e. The van der Waals surface area contributed by atoms with Gasteiger partial charge < -0.3 is 19.7 Å². The summed E-state index contributed by atoms with van der Waals surface area (Å²) in [6.45, 7) is 9.70. The highest BCUT2D eigenvalue weighted by molar-refractivity contribution is 7.99. The molecule has 23 heavy (non-hydrogen) atoms. The van der Waals surface area contributed by atoms with E-state index in [0.29, 0.717) is 13.1 Å². The predicted molar refractivity (Wildman–Crippen MR) is 92.0 cm³/mol. The first-order chi connectivity index (χ1) is 11.1. The molecule has 0 spiro atoms. The minimum atomic E-state index is 0.0523. The lowest BCUT2D eigenvalue weighted by molar-refractivity contribution is -0.0552. The number of carbonyl (C=O) groups excluding carboxylic acids is 1. The first kappa shape index (κ1) is 17.3. The Kier molecular flexibility index (Phi) is 5.72. The first-order valence-corrected chi connectivity index (χ1v) is 9.83. The number of amides is 2. The highest BCUT2D eigenvalue weighted by Crippen LogP contribution is 2.33. The zero-order valence-electron chi connectivity index (χ0n) is 14.3. The largest absolute Gasteiger partial charge is 0.379 e. The molecule has 3 atom stereocenters. The second kappa shape index (κ2) is 7.59. The number of hydrogen-bond donors (Lipinski definition) is 1. The summed E-state index contributed by atoms with van der Waals surface area (Å²) >= 11 is 2.00. The second-order valence-electron chi connectivity index (χ2n) is 6.95. The third-order valence-electron chi connectivity index (χ3n) is 5.04. The number of urea groups is 1. The minimum absolute atomic E-state index is 0.0523. The lowest BCUT2D eigenvalue weighted by Gasteiger charge is -2.43. The fraction of sp³-hybridized carbons (Fsp3) is 0.938. The van der Waals surface area contributed by atoms with Crippen molar-refractivity contribution in [2.45, 2.75) is 38.0 Å². The van der Waals surface area contributed by atoms with Crippen LogP contribution >= 0.6 is 11.8 Å². The Morgan fingerprint density at radius 3 is 2.57 bits per heavy atom. The van der Waals surface area contributed by atoms with Crippen molar-refractivity contribution in [3.8, 4) is 0 Å². The standard InChI is InChI=1S/C16H29N3O3S/c1-13-9-18(10-14(2)22-13)15(20)17-11-16(3-8-23-12-16)19-4-6-21-7-5-19/h13-14H,3-12H2,1-2H3,(H,17,20)/t13-,14-,16-/m1/s1. The second-order valence-corrected chi connectivity index (χ2v) is 8.05. The van der Waals surface area contributed by atoms with Gasteiger partial charge in [-0.2, -0.15) is 11.8 Å². The van der Waals surface area contributed by atoms with E-state index < -0.39 is 0 Å². The van der Waals surface area contributed by atoms with E-state index in [9.17, 15) is 4.79 Å². The molecule has 0 radical (unpaired) electrons. The van der Waals surface area contributed by atoms with E-state index >= 15 is 0 Å². The van der Waals surface area contributed by atoms with Gasteiger partial charge in [-0.05, 0) is 26.0 Å².